The van der Waals surface area contributed by atoms with Gasteiger partial charge in [-0.2, -0.15) is 0 Å². The average Bonchev–Trinajstić information content (AvgIpc) is 2.38. The maximum absolute atomic E-state index is 5.81. The molecule has 1 aromatic rings. The number of nitrogens with one attached hydrogen (secondary N) is 1. The van der Waals surface area contributed by atoms with Gasteiger partial charge in [-0.25, -0.2) is 0 Å². The summed E-state index contributed by atoms with van der Waals surface area (Å²) >= 11 is 3.50. The van der Waals surface area contributed by atoms with Crippen molar-refractivity contribution in [1.29, 1.82) is 0 Å². The molecule has 0 amide bonds. The molecular weight excluding hydrogens is 298 g/mol. The molecule has 18 heavy (non-hydrogen) atoms. The molecule has 100 valence electrons. The predicted octanol–water partition coefficient (Wildman–Crippen LogP) is 2.44. The standard InChI is InChI=1S/C13H18BrNO3/c1-8-6-9(14)12(16-2)13(17-3)11(8)10-7-15-4-5-18-10/h6,10,15H,4-5,7H2,1-3H3. The molecule has 1 aromatic carbocycles. The normalized spacial score (nSPS) is 19.7. The lowest BCUT2D eigenvalue weighted by Gasteiger charge is -2.27. The van der Waals surface area contributed by atoms with Crippen LogP contribution in [0.4, 0.5) is 0 Å². The number of hydrogen-bond acceptors (Lipinski definition) is 4. The summed E-state index contributed by atoms with van der Waals surface area (Å²) < 4.78 is 17.6. The highest BCUT2D eigenvalue weighted by atomic mass is 79.9. The number of aryl methyl sites for hydroxylation is 1. The van der Waals surface area contributed by atoms with Crippen molar-refractivity contribution in [3.8, 4) is 11.5 Å². The van der Waals surface area contributed by atoms with E-state index in [1.165, 1.54) is 0 Å². The summed E-state index contributed by atoms with van der Waals surface area (Å²) in [6, 6.07) is 2.04. The van der Waals surface area contributed by atoms with Crippen molar-refractivity contribution >= 4 is 15.9 Å². The number of ether oxygens (including phenoxy) is 3. The van der Waals surface area contributed by atoms with Crippen molar-refractivity contribution in [2.75, 3.05) is 33.9 Å². The van der Waals surface area contributed by atoms with Gasteiger partial charge in [0.1, 0.15) is 0 Å². The number of halogens is 1. The predicted molar refractivity (Wildman–Crippen MR) is 73.5 cm³/mol. The maximum Gasteiger partial charge on any atom is 0.175 e. The smallest absolute Gasteiger partial charge is 0.175 e. The molecular formula is C13H18BrNO3. The summed E-state index contributed by atoms with van der Waals surface area (Å²) in [6.07, 6.45) is 0.00991. The van der Waals surface area contributed by atoms with E-state index in [0.29, 0.717) is 12.4 Å². The van der Waals surface area contributed by atoms with E-state index in [2.05, 4.69) is 28.2 Å². The highest BCUT2D eigenvalue weighted by Crippen LogP contribution is 2.43. The Morgan fingerprint density at radius 2 is 2.06 bits per heavy atom. The minimum absolute atomic E-state index is 0.00991. The summed E-state index contributed by atoms with van der Waals surface area (Å²) in [7, 11) is 3.30. The third kappa shape index (κ3) is 2.48. The van der Waals surface area contributed by atoms with Crippen LogP contribution in [0.25, 0.3) is 0 Å². The Kier molecular flexibility index (Phi) is 4.48. The lowest BCUT2D eigenvalue weighted by Crippen LogP contribution is -2.33. The number of rotatable bonds is 3. The molecule has 2 rings (SSSR count). The fraction of sp³-hybridized carbons (Fsp3) is 0.538. The molecule has 0 aromatic heterocycles. The Labute approximate surface area is 116 Å². The Morgan fingerprint density at radius 3 is 2.61 bits per heavy atom. The Hall–Kier alpha value is -0.780. The van der Waals surface area contributed by atoms with Gasteiger partial charge in [-0.3, -0.25) is 0 Å². The van der Waals surface area contributed by atoms with Crippen LogP contribution in [-0.4, -0.2) is 33.9 Å². The van der Waals surface area contributed by atoms with Crippen LogP contribution in [0.3, 0.4) is 0 Å². The van der Waals surface area contributed by atoms with Crippen molar-refractivity contribution in [2.24, 2.45) is 0 Å². The number of morpholine rings is 1. The van der Waals surface area contributed by atoms with E-state index >= 15 is 0 Å². The van der Waals surface area contributed by atoms with Gasteiger partial charge in [0.2, 0.25) is 0 Å². The van der Waals surface area contributed by atoms with Gasteiger partial charge in [0.25, 0.3) is 0 Å². The van der Waals surface area contributed by atoms with Gasteiger partial charge in [0, 0.05) is 18.7 Å². The zero-order valence-corrected chi connectivity index (χ0v) is 12.5. The van der Waals surface area contributed by atoms with E-state index < -0.39 is 0 Å². The molecule has 1 atom stereocenters. The summed E-state index contributed by atoms with van der Waals surface area (Å²) in [5, 5.41) is 3.33. The van der Waals surface area contributed by atoms with Gasteiger partial charge < -0.3 is 19.5 Å². The van der Waals surface area contributed by atoms with Gasteiger partial charge in [0.15, 0.2) is 11.5 Å². The van der Waals surface area contributed by atoms with E-state index in [9.17, 15) is 0 Å². The molecule has 1 aliphatic heterocycles. The topological polar surface area (TPSA) is 39.7 Å². The quantitative estimate of drug-likeness (QED) is 0.930. The first kappa shape index (κ1) is 13.6. The van der Waals surface area contributed by atoms with Crippen LogP contribution in [0.2, 0.25) is 0 Å². The Balaban J connectivity index is 2.49. The molecule has 4 nitrogen and oxygen atoms in total. The number of methoxy groups -OCH3 is 2. The second kappa shape index (κ2) is 5.91. The van der Waals surface area contributed by atoms with Gasteiger partial charge in [-0.1, -0.05) is 0 Å². The number of hydrogen-bond donors (Lipinski definition) is 1. The lowest BCUT2D eigenvalue weighted by atomic mass is 10.0. The molecule has 0 radical (unpaired) electrons. The van der Waals surface area contributed by atoms with Crippen LogP contribution in [0.5, 0.6) is 11.5 Å². The molecule has 0 spiro atoms. The summed E-state index contributed by atoms with van der Waals surface area (Å²) in [4.78, 5) is 0. The van der Waals surface area contributed by atoms with E-state index in [1.54, 1.807) is 14.2 Å². The first-order valence-electron chi connectivity index (χ1n) is 5.92. The highest BCUT2D eigenvalue weighted by Gasteiger charge is 2.25. The molecule has 1 heterocycles. The van der Waals surface area contributed by atoms with Crippen molar-refractivity contribution in [1.82, 2.24) is 5.32 Å². The molecule has 1 unspecified atom stereocenters. The van der Waals surface area contributed by atoms with Gasteiger partial charge >= 0.3 is 0 Å². The molecule has 1 fully saturated rings. The Morgan fingerprint density at radius 1 is 1.33 bits per heavy atom. The fourth-order valence-corrected chi connectivity index (χ4v) is 2.97. The molecule has 0 saturated carbocycles. The summed E-state index contributed by atoms with van der Waals surface area (Å²) in [5.74, 6) is 1.46. The van der Waals surface area contributed by atoms with E-state index in [4.69, 9.17) is 14.2 Å². The van der Waals surface area contributed by atoms with Crippen LogP contribution < -0.4 is 14.8 Å². The number of benzene rings is 1. The highest BCUT2D eigenvalue weighted by molar-refractivity contribution is 9.10. The van der Waals surface area contributed by atoms with Crippen LogP contribution >= 0.6 is 15.9 Å². The minimum Gasteiger partial charge on any atom is -0.492 e. The van der Waals surface area contributed by atoms with Gasteiger partial charge in [0.05, 0.1) is 31.4 Å². The third-order valence-corrected chi connectivity index (χ3v) is 3.68. The van der Waals surface area contributed by atoms with Crippen LogP contribution in [0.15, 0.2) is 10.5 Å². The molecule has 0 bridgehead atoms. The molecule has 5 heteroatoms. The van der Waals surface area contributed by atoms with Crippen LogP contribution in [0, 0.1) is 6.92 Å². The third-order valence-electron chi connectivity index (χ3n) is 3.09. The molecule has 0 aliphatic carbocycles. The minimum atomic E-state index is 0.00991. The van der Waals surface area contributed by atoms with Gasteiger partial charge in [-0.15, -0.1) is 0 Å². The Bertz CT molecular complexity index is 431. The van der Waals surface area contributed by atoms with Gasteiger partial charge in [-0.05, 0) is 34.5 Å². The van der Waals surface area contributed by atoms with E-state index in [0.717, 1.165) is 34.4 Å². The first-order chi connectivity index (χ1) is 8.69. The summed E-state index contributed by atoms with van der Waals surface area (Å²) in [5.41, 5.74) is 2.19. The van der Waals surface area contributed by atoms with Crippen molar-refractivity contribution < 1.29 is 14.2 Å². The first-order valence-corrected chi connectivity index (χ1v) is 6.71. The van der Waals surface area contributed by atoms with E-state index in [1.807, 2.05) is 6.07 Å². The zero-order valence-electron chi connectivity index (χ0n) is 10.9. The lowest BCUT2D eigenvalue weighted by molar-refractivity contribution is 0.0256. The largest absolute Gasteiger partial charge is 0.492 e. The van der Waals surface area contributed by atoms with Crippen molar-refractivity contribution in [2.45, 2.75) is 13.0 Å². The maximum atomic E-state index is 5.81. The monoisotopic (exact) mass is 315 g/mol. The second-order valence-corrected chi connectivity index (χ2v) is 5.07. The second-order valence-electron chi connectivity index (χ2n) is 4.22. The SMILES string of the molecule is COc1c(Br)cc(C)c(C2CNCCO2)c1OC. The van der Waals surface area contributed by atoms with E-state index in [-0.39, 0.29) is 6.10 Å². The fourth-order valence-electron chi connectivity index (χ4n) is 2.29. The molecule has 1 saturated heterocycles. The zero-order chi connectivity index (χ0) is 13.1. The van der Waals surface area contributed by atoms with Crippen LogP contribution in [-0.2, 0) is 4.74 Å². The van der Waals surface area contributed by atoms with Crippen LogP contribution in [0.1, 0.15) is 17.2 Å². The average molecular weight is 316 g/mol. The summed E-state index contributed by atoms with van der Waals surface area (Å²) in [6.45, 7) is 4.46. The van der Waals surface area contributed by atoms with Crippen molar-refractivity contribution in [3.05, 3.63) is 21.7 Å². The van der Waals surface area contributed by atoms with Crippen molar-refractivity contribution in [3.63, 3.8) is 0 Å². The molecule has 1 aliphatic rings. The molecule has 1 N–H and O–H groups in total.